The van der Waals surface area contributed by atoms with Gasteiger partial charge in [-0.15, -0.1) is 0 Å². The van der Waals surface area contributed by atoms with Crippen LogP contribution >= 0.6 is 0 Å². The first-order valence-corrected chi connectivity index (χ1v) is 5.57. The molecule has 0 amide bonds. The van der Waals surface area contributed by atoms with Gasteiger partial charge < -0.3 is 15.1 Å². The number of rotatable bonds is 5. The highest BCUT2D eigenvalue weighted by atomic mass is 16.3. The van der Waals surface area contributed by atoms with E-state index < -0.39 is 6.10 Å². The van der Waals surface area contributed by atoms with Crippen LogP contribution in [0.4, 0.5) is 5.82 Å². The monoisotopic (exact) mass is 224 g/mol. The van der Waals surface area contributed by atoms with Crippen LogP contribution in [0.5, 0.6) is 0 Å². The first-order chi connectivity index (χ1) is 7.56. The van der Waals surface area contributed by atoms with Crippen molar-refractivity contribution in [1.82, 2.24) is 4.98 Å². The molecular weight excluding hydrogens is 204 g/mol. The minimum atomic E-state index is -0.495. The lowest BCUT2D eigenvalue weighted by molar-refractivity contribution is 0.199. The van der Waals surface area contributed by atoms with E-state index in [0.29, 0.717) is 6.54 Å². The summed E-state index contributed by atoms with van der Waals surface area (Å²) in [5.74, 6) is 0.794. The van der Waals surface area contributed by atoms with Gasteiger partial charge >= 0.3 is 0 Å². The van der Waals surface area contributed by atoms with Crippen molar-refractivity contribution in [2.24, 2.45) is 0 Å². The zero-order valence-electron chi connectivity index (χ0n) is 10.1. The summed E-state index contributed by atoms with van der Waals surface area (Å²) in [5, 5.41) is 18.5. The molecule has 1 aromatic rings. The van der Waals surface area contributed by atoms with Gasteiger partial charge in [-0.25, -0.2) is 4.98 Å². The lowest BCUT2D eigenvalue weighted by Gasteiger charge is -2.27. The first kappa shape index (κ1) is 12.9. The second kappa shape index (κ2) is 5.82. The Labute approximate surface area is 96.6 Å². The Morgan fingerprint density at radius 2 is 2.06 bits per heavy atom. The highest BCUT2D eigenvalue weighted by Gasteiger charge is 2.12. The molecule has 1 atom stereocenters. The summed E-state index contributed by atoms with van der Waals surface area (Å²) >= 11 is 0. The predicted molar refractivity (Wildman–Crippen MR) is 64.4 cm³/mol. The van der Waals surface area contributed by atoms with Crippen LogP contribution in [0.3, 0.4) is 0 Å². The maximum Gasteiger partial charge on any atom is 0.129 e. The van der Waals surface area contributed by atoms with Crippen LogP contribution in [-0.2, 0) is 0 Å². The summed E-state index contributed by atoms with van der Waals surface area (Å²) in [6, 6.07) is 3.93. The molecule has 4 heteroatoms. The van der Waals surface area contributed by atoms with Crippen molar-refractivity contribution in [2.45, 2.75) is 32.9 Å². The average Bonchev–Trinajstić information content (AvgIpc) is 2.25. The third-order valence-electron chi connectivity index (χ3n) is 2.51. The number of hydrogen-bond donors (Lipinski definition) is 2. The predicted octanol–water partition coefficient (Wildman–Crippen LogP) is 1.34. The summed E-state index contributed by atoms with van der Waals surface area (Å²) in [7, 11) is 0. The Hall–Kier alpha value is -1.13. The molecule has 0 bridgehead atoms. The number of aliphatic hydroxyl groups is 2. The van der Waals surface area contributed by atoms with Gasteiger partial charge in [0, 0.05) is 18.8 Å². The second-order valence-electron chi connectivity index (χ2n) is 4.13. The fourth-order valence-electron chi connectivity index (χ4n) is 1.60. The molecule has 1 unspecified atom stereocenters. The van der Waals surface area contributed by atoms with Crippen molar-refractivity contribution in [3.8, 4) is 0 Å². The van der Waals surface area contributed by atoms with Crippen molar-refractivity contribution >= 4 is 5.82 Å². The molecule has 0 aliphatic rings. The standard InChI is InChI=1S/C12H20N2O2/c1-9(2)14(6-7-15)12-8-11(10(3)16)4-5-13-12/h4-5,8-10,15-16H,6-7H2,1-3H3. The Morgan fingerprint density at radius 1 is 1.38 bits per heavy atom. The number of pyridine rings is 1. The SMILES string of the molecule is CC(O)c1ccnc(N(CCO)C(C)C)c1. The van der Waals surface area contributed by atoms with Crippen LogP contribution in [0.1, 0.15) is 32.4 Å². The minimum Gasteiger partial charge on any atom is -0.395 e. The molecule has 0 spiro atoms. The van der Waals surface area contributed by atoms with E-state index >= 15 is 0 Å². The number of aromatic nitrogens is 1. The third kappa shape index (κ3) is 3.18. The fraction of sp³-hybridized carbons (Fsp3) is 0.583. The lowest BCUT2D eigenvalue weighted by atomic mass is 10.1. The molecule has 4 nitrogen and oxygen atoms in total. The van der Waals surface area contributed by atoms with Gasteiger partial charge in [0.25, 0.3) is 0 Å². The number of aliphatic hydroxyl groups excluding tert-OH is 2. The molecule has 0 saturated heterocycles. The third-order valence-corrected chi connectivity index (χ3v) is 2.51. The van der Waals surface area contributed by atoms with Crippen molar-refractivity contribution in [2.75, 3.05) is 18.1 Å². The van der Waals surface area contributed by atoms with E-state index in [1.165, 1.54) is 0 Å². The van der Waals surface area contributed by atoms with Crippen LogP contribution in [0.2, 0.25) is 0 Å². The molecule has 0 aliphatic carbocycles. The molecule has 16 heavy (non-hydrogen) atoms. The largest absolute Gasteiger partial charge is 0.395 e. The van der Waals surface area contributed by atoms with Crippen molar-refractivity contribution in [3.63, 3.8) is 0 Å². The number of nitrogens with zero attached hydrogens (tertiary/aromatic N) is 2. The molecule has 0 radical (unpaired) electrons. The fourth-order valence-corrected chi connectivity index (χ4v) is 1.60. The van der Waals surface area contributed by atoms with Crippen LogP contribution in [0.15, 0.2) is 18.3 Å². The van der Waals surface area contributed by atoms with Gasteiger partial charge in [0.2, 0.25) is 0 Å². The van der Waals surface area contributed by atoms with E-state index in [1.54, 1.807) is 19.2 Å². The summed E-state index contributed by atoms with van der Waals surface area (Å²) in [6.07, 6.45) is 1.19. The van der Waals surface area contributed by atoms with Gasteiger partial charge in [-0.1, -0.05) is 0 Å². The van der Waals surface area contributed by atoms with Crippen molar-refractivity contribution < 1.29 is 10.2 Å². The smallest absolute Gasteiger partial charge is 0.129 e. The summed E-state index contributed by atoms with van der Waals surface area (Å²) in [6.45, 7) is 6.47. The van der Waals surface area contributed by atoms with Gasteiger partial charge in [0.1, 0.15) is 5.82 Å². The van der Waals surface area contributed by atoms with Crippen molar-refractivity contribution in [3.05, 3.63) is 23.9 Å². The normalized spacial score (nSPS) is 12.9. The van der Waals surface area contributed by atoms with Crippen LogP contribution in [0.25, 0.3) is 0 Å². The zero-order chi connectivity index (χ0) is 12.1. The minimum absolute atomic E-state index is 0.0960. The number of hydrogen-bond acceptors (Lipinski definition) is 4. The van der Waals surface area contributed by atoms with E-state index in [0.717, 1.165) is 11.4 Å². The lowest BCUT2D eigenvalue weighted by Crippen LogP contribution is -2.34. The van der Waals surface area contributed by atoms with Gasteiger partial charge in [-0.2, -0.15) is 0 Å². The Morgan fingerprint density at radius 3 is 2.56 bits per heavy atom. The molecule has 0 aromatic carbocycles. The second-order valence-corrected chi connectivity index (χ2v) is 4.13. The van der Waals surface area contributed by atoms with Crippen LogP contribution in [-0.4, -0.2) is 34.4 Å². The first-order valence-electron chi connectivity index (χ1n) is 5.57. The molecule has 0 aliphatic heterocycles. The van der Waals surface area contributed by atoms with E-state index in [-0.39, 0.29) is 12.6 Å². The highest BCUT2D eigenvalue weighted by molar-refractivity contribution is 5.42. The Kier molecular flexibility index (Phi) is 4.71. The Bertz CT molecular complexity index is 327. The van der Waals surface area contributed by atoms with E-state index in [2.05, 4.69) is 4.98 Å². The molecule has 0 fully saturated rings. The molecule has 2 N–H and O–H groups in total. The zero-order valence-corrected chi connectivity index (χ0v) is 10.1. The highest BCUT2D eigenvalue weighted by Crippen LogP contribution is 2.19. The van der Waals surface area contributed by atoms with E-state index in [1.807, 2.05) is 24.8 Å². The summed E-state index contributed by atoms with van der Waals surface area (Å²) in [5.41, 5.74) is 0.841. The van der Waals surface area contributed by atoms with Gasteiger partial charge in [0.15, 0.2) is 0 Å². The maximum absolute atomic E-state index is 9.50. The van der Waals surface area contributed by atoms with Crippen LogP contribution < -0.4 is 4.90 Å². The molecule has 1 aromatic heterocycles. The van der Waals surface area contributed by atoms with Gasteiger partial charge in [0.05, 0.1) is 12.7 Å². The van der Waals surface area contributed by atoms with Crippen LogP contribution in [0, 0.1) is 0 Å². The maximum atomic E-state index is 9.50. The van der Waals surface area contributed by atoms with Gasteiger partial charge in [-0.05, 0) is 38.5 Å². The summed E-state index contributed by atoms with van der Waals surface area (Å²) in [4.78, 5) is 6.27. The molecule has 1 heterocycles. The number of anilines is 1. The van der Waals surface area contributed by atoms with E-state index in [9.17, 15) is 5.11 Å². The molecular formula is C12H20N2O2. The Balaban J connectivity index is 2.95. The molecule has 90 valence electrons. The quantitative estimate of drug-likeness (QED) is 0.792. The average molecular weight is 224 g/mol. The van der Waals surface area contributed by atoms with Gasteiger partial charge in [-0.3, -0.25) is 0 Å². The van der Waals surface area contributed by atoms with E-state index in [4.69, 9.17) is 5.11 Å². The van der Waals surface area contributed by atoms with Crippen molar-refractivity contribution in [1.29, 1.82) is 0 Å². The topological polar surface area (TPSA) is 56.6 Å². The molecule has 1 rings (SSSR count). The molecule has 0 saturated carbocycles. The summed E-state index contributed by atoms with van der Waals surface area (Å²) < 4.78 is 0.